The van der Waals surface area contributed by atoms with Crippen LogP contribution in [0.1, 0.15) is 27.0 Å². The number of hydrogen-bond donors (Lipinski definition) is 2. The molecular formula is C21H21N3O5. The van der Waals surface area contributed by atoms with Crippen LogP contribution >= 0.6 is 0 Å². The van der Waals surface area contributed by atoms with Gasteiger partial charge in [0, 0.05) is 18.2 Å². The van der Waals surface area contributed by atoms with Crippen LogP contribution in [0.15, 0.2) is 36.4 Å². The van der Waals surface area contributed by atoms with Crippen molar-refractivity contribution in [3.8, 4) is 11.5 Å². The monoisotopic (exact) mass is 395 g/mol. The number of aryl methyl sites for hydroxylation is 1. The number of nitrogens with one attached hydrogen (secondary N) is 2. The highest BCUT2D eigenvalue weighted by molar-refractivity contribution is 6.08. The molecule has 0 saturated carbocycles. The van der Waals surface area contributed by atoms with Gasteiger partial charge in [0.1, 0.15) is 11.5 Å². The summed E-state index contributed by atoms with van der Waals surface area (Å²) in [6.45, 7) is 2.26. The highest BCUT2D eigenvalue weighted by Crippen LogP contribution is 2.35. The second kappa shape index (κ2) is 6.80. The quantitative estimate of drug-likeness (QED) is 0.751. The molecule has 4 rings (SSSR count). The van der Waals surface area contributed by atoms with Crippen LogP contribution < -0.4 is 20.1 Å². The van der Waals surface area contributed by atoms with Crippen molar-refractivity contribution in [1.29, 1.82) is 0 Å². The molecule has 8 heteroatoms. The van der Waals surface area contributed by atoms with Crippen LogP contribution in [0.3, 0.4) is 0 Å². The molecule has 2 heterocycles. The lowest BCUT2D eigenvalue weighted by atomic mass is 9.88. The molecule has 1 unspecified atom stereocenters. The summed E-state index contributed by atoms with van der Waals surface area (Å²) in [6, 6.07) is 10.1. The van der Waals surface area contributed by atoms with Gasteiger partial charge in [-0.15, -0.1) is 0 Å². The summed E-state index contributed by atoms with van der Waals surface area (Å²) in [6.07, 6.45) is 0. The normalized spacial score (nSPS) is 20.4. The largest absolute Gasteiger partial charge is 0.497 e. The molecule has 0 radical (unpaired) electrons. The Morgan fingerprint density at radius 3 is 2.31 bits per heavy atom. The number of nitrogens with zero attached hydrogens (tertiary/aromatic N) is 1. The molecule has 2 aromatic rings. The molecule has 29 heavy (non-hydrogen) atoms. The Bertz CT molecular complexity index is 1010. The van der Waals surface area contributed by atoms with Gasteiger partial charge in [-0.1, -0.05) is 17.7 Å². The van der Waals surface area contributed by atoms with Gasteiger partial charge in [0.05, 0.1) is 20.8 Å². The van der Waals surface area contributed by atoms with Crippen molar-refractivity contribution in [1.82, 2.24) is 15.5 Å². The van der Waals surface area contributed by atoms with Crippen LogP contribution in [0.25, 0.3) is 0 Å². The third-order valence-corrected chi connectivity index (χ3v) is 5.36. The minimum Gasteiger partial charge on any atom is -0.497 e. The van der Waals surface area contributed by atoms with Gasteiger partial charge in [0.25, 0.3) is 11.8 Å². The Hall–Kier alpha value is -3.55. The first kappa shape index (κ1) is 18.8. The molecular weight excluding hydrogens is 374 g/mol. The van der Waals surface area contributed by atoms with Gasteiger partial charge in [-0.25, -0.2) is 4.79 Å². The molecule has 2 aliphatic heterocycles. The van der Waals surface area contributed by atoms with E-state index in [2.05, 4.69) is 10.6 Å². The molecule has 8 nitrogen and oxygen atoms in total. The van der Waals surface area contributed by atoms with E-state index >= 15 is 0 Å². The minimum atomic E-state index is -1.45. The second-order valence-corrected chi connectivity index (χ2v) is 7.24. The van der Waals surface area contributed by atoms with E-state index in [4.69, 9.17) is 9.47 Å². The van der Waals surface area contributed by atoms with Crippen LogP contribution in [0, 0.1) is 6.92 Å². The number of ether oxygens (including phenoxy) is 2. The number of urea groups is 1. The lowest BCUT2D eigenvalue weighted by Gasteiger charge is -2.31. The summed E-state index contributed by atoms with van der Waals surface area (Å²) >= 11 is 0. The van der Waals surface area contributed by atoms with Crippen LogP contribution in [-0.2, 0) is 16.9 Å². The van der Waals surface area contributed by atoms with Crippen molar-refractivity contribution in [2.45, 2.75) is 19.0 Å². The molecule has 0 spiro atoms. The standard InChI is InChI=1S/C21H21N3O5/c1-12-4-5-13-10-24(18(25)17(13)6-12)11-21(19(26)22-20(27)23-21)14-7-15(28-2)9-16(8-14)29-3/h4-9H,10-11H2,1-3H3,(H2,22,23,26,27). The van der Waals surface area contributed by atoms with Crippen LogP contribution in [-0.4, -0.2) is 43.5 Å². The summed E-state index contributed by atoms with van der Waals surface area (Å²) in [7, 11) is 3.00. The molecule has 2 aliphatic rings. The number of fused-ring (bicyclic) bond motifs is 1. The zero-order chi connectivity index (χ0) is 20.8. The molecule has 2 N–H and O–H groups in total. The predicted molar refractivity (Wildman–Crippen MR) is 104 cm³/mol. The highest BCUT2D eigenvalue weighted by atomic mass is 16.5. The van der Waals surface area contributed by atoms with E-state index in [1.165, 1.54) is 14.2 Å². The predicted octanol–water partition coefficient (Wildman–Crippen LogP) is 1.70. The van der Waals surface area contributed by atoms with E-state index in [0.717, 1.165) is 11.1 Å². The average Bonchev–Trinajstić information content (AvgIpc) is 3.17. The smallest absolute Gasteiger partial charge is 0.322 e. The zero-order valence-electron chi connectivity index (χ0n) is 16.4. The molecule has 1 fully saturated rings. The summed E-state index contributed by atoms with van der Waals surface area (Å²) in [4.78, 5) is 39.5. The highest BCUT2D eigenvalue weighted by Gasteiger charge is 2.50. The number of methoxy groups -OCH3 is 2. The summed E-state index contributed by atoms with van der Waals surface area (Å²) < 4.78 is 10.6. The van der Waals surface area contributed by atoms with Gasteiger partial charge in [0.2, 0.25) is 0 Å². The van der Waals surface area contributed by atoms with Gasteiger partial charge >= 0.3 is 6.03 Å². The van der Waals surface area contributed by atoms with Gasteiger partial charge in [-0.2, -0.15) is 0 Å². The summed E-state index contributed by atoms with van der Waals surface area (Å²) in [5.74, 6) is 0.239. The van der Waals surface area contributed by atoms with Crippen molar-refractivity contribution in [2.75, 3.05) is 20.8 Å². The van der Waals surface area contributed by atoms with Crippen molar-refractivity contribution in [3.63, 3.8) is 0 Å². The third kappa shape index (κ3) is 3.06. The van der Waals surface area contributed by atoms with Crippen molar-refractivity contribution < 1.29 is 23.9 Å². The Morgan fingerprint density at radius 2 is 1.72 bits per heavy atom. The van der Waals surface area contributed by atoms with Crippen LogP contribution in [0.5, 0.6) is 11.5 Å². The molecule has 4 amide bonds. The SMILES string of the molecule is COc1cc(OC)cc(C2(CN3Cc4ccc(C)cc4C3=O)NC(=O)NC2=O)c1. The van der Waals surface area contributed by atoms with Crippen LogP contribution in [0.4, 0.5) is 4.79 Å². The van der Waals surface area contributed by atoms with Gasteiger partial charge in [0.15, 0.2) is 5.54 Å². The van der Waals surface area contributed by atoms with E-state index in [1.807, 2.05) is 25.1 Å². The Balaban J connectivity index is 1.76. The fourth-order valence-electron chi connectivity index (χ4n) is 3.84. The first-order valence-electron chi connectivity index (χ1n) is 9.12. The van der Waals surface area contributed by atoms with Gasteiger partial charge in [-0.3, -0.25) is 14.9 Å². The fraction of sp³-hybridized carbons (Fsp3) is 0.286. The number of imide groups is 1. The van der Waals surface area contributed by atoms with Crippen molar-refractivity contribution in [3.05, 3.63) is 58.7 Å². The zero-order valence-corrected chi connectivity index (χ0v) is 16.4. The van der Waals surface area contributed by atoms with E-state index in [1.54, 1.807) is 23.1 Å². The minimum absolute atomic E-state index is 0.0204. The lowest BCUT2D eigenvalue weighted by molar-refractivity contribution is -0.124. The second-order valence-electron chi connectivity index (χ2n) is 7.24. The maximum Gasteiger partial charge on any atom is 0.322 e. The van der Waals surface area contributed by atoms with Gasteiger partial charge < -0.3 is 19.7 Å². The molecule has 1 saturated heterocycles. The average molecular weight is 395 g/mol. The number of benzene rings is 2. The number of carbonyl (C=O) groups is 3. The van der Waals surface area contributed by atoms with Gasteiger partial charge in [-0.05, 0) is 36.2 Å². The maximum atomic E-state index is 13.0. The first-order chi connectivity index (χ1) is 13.9. The maximum absolute atomic E-state index is 13.0. The molecule has 0 aromatic heterocycles. The topological polar surface area (TPSA) is 97.0 Å². The molecule has 2 aromatic carbocycles. The third-order valence-electron chi connectivity index (χ3n) is 5.36. The molecule has 1 atom stereocenters. The Morgan fingerprint density at radius 1 is 1.03 bits per heavy atom. The number of carbonyl (C=O) groups excluding carboxylic acids is 3. The van der Waals surface area contributed by atoms with E-state index in [9.17, 15) is 14.4 Å². The van der Waals surface area contributed by atoms with Crippen molar-refractivity contribution >= 4 is 17.8 Å². The van der Waals surface area contributed by atoms with E-state index < -0.39 is 17.5 Å². The first-order valence-corrected chi connectivity index (χ1v) is 9.12. The van der Waals surface area contributed by atoms with E-state index in [-0.39, 0.29) is 12.5 Å². The molecule has 0 aliphatic carbocycles. The van der Waals surface area contributed by atoms with E-state index in [0.29, 0.717) is 29.2 Å². The lowest BCUT2D eigenvalue weighted by Crippen LogP contribution is -2.52. The van der Waals surface area contributed by atoms with Crippen molar-refractivity contribution in [2.24, 2.45) is 0 Å². The Labute approximate surface area is 167 Å². The number of hydrogen-bond acceptors (Lipinski definition) is 5. The molecule has 0 bridgehead atoms. The summed E-state index contributed by atoms with van der Waals surface area (Å²) in [5, 5.41) is 5.01. The molecule has 150 valence electrons. The summed E-state index contributed by atoms with van der Waals surface area (Å²) in [5.41, 5.74) is 1.51. The number of rotatable bonds is 5. The number of amides is 4. The fourth-order valence-corrected chi connectivity index (χ4v) is 3.84. The Kier molecular flexibility index (Phi) is 4.41. The van der Waals surface area contributed by atoms with Crippen LogP contribution in [0.2, 0.25) is 0 Å².